The van der Waals surface area contributed by atoms with Crippen molar-refractivity contribution in [3.63, 3.8) is 0 Å². The van der Waals surface area contributed by atoms with Crippen molar-refractivity contribution < 1.29 is 0 Å². The van der Waals surface area contributed by atoms with Crippen LogP contribution in [0.4, 0.5) is 0 Å². The van der Waals surface area contributed by atoms with Gasteiger partial charge in [0.05, 0.1) is 0 Å². The van der Waals surface area contributed by atoms with Crippen LogP contribution in [0.2, 0.25) is 0 Å². The molecule has 0 saturated heterocycles. The van der Waals surface area contributed by atoms with E-state index in [1.54, 1.807) is 0 Å². The van der Waals surface area contributed by atoms with E-state index in [4.69, 9.17) is 0 Å². The third-order valence-corrected chi connectivity index (χ3v) is 6.25. The molecule has 0 spiro atoms. The highest BCUT2D eigenvalue weighted by Crippen LogP contribution is 2.44. The molecule has 1 rings (SSSR count). The molecule has 3 unspecified atom stereocenters. The molecule has 0 aliphatic heterocycles. The normalized spacial score (nSPS) is 28.6. The third kappa shape index (κ3) is 6.65. The van der Waals surface area contributed by atoms with Crippen LogP contribution < -0.4 is 0 Å². The molecule has 0 heterocycles. The largest absolute Gasteiger partial charge is 0.0888 e. The molecule has 1 aliphatic carbocycles. The fraction of sp³-hybridized carbons (Fsp3) is 1.00. The number of hydrogen-bond donors (Lipinski definition) is 0. The van der Waals surface area contributed by atoms with Crippen LogP contribution in [0.3, 0.4) is 0 Å². The highest BCUT2D eigenvalue weighted by atomic mass is 79.9. The topological polar surface area (TPSA) is 0 Å². The van der Waals surface area contributed by atoms with Crippen LogP contribution >= 0.6 is 15.9 Å². The summed E-state index contributed by atoms with van der Waals surface area (Å²) in [4.78, 5) is 0.793. The Morgan fingerprint density at radius 3 is 2.21 bits per heavy atom. The maximum atomic E-state index is 3.94. The van der Waals surface area contributed by atoms with Gasteiger partial charge >= 0.3 is 0 Å². The Labute approximate surface area is 130 Å². The van der Waals surface area contributed by atoms with Crippen LogP contribution in [-0.2, 0) is 0 Å². The van der Waals surface area contributed by atoms with Gasteiger partial charge in [0.2, 0.25) is 0 Å². The van der Waals surface area contributed by atoms with Gasteiger partial charge in [-0.25, -0.2) is 0 Å². The van der Waals surface area contributed by atoms with Gasteiger partial charge in [-0.15, -0.1) is 0 Å². The molecule has 19 heavy (non-hydrogen) atoms. The quantitative estimate of drug-likeness (QED) is 0.349. The van der Waals surface area contributed by atoms with E-state index >= 15 is 0 Å². The highest BCUT2D eigenvalue weighted by Gasteiger charge is 2.34. The first kappa shape index (κ1) is 17.5. The summed E-state index contributed by atoms with van der Waals surface area (Å²) < 4.78 is 0. The van der Waals surface area contributed by atoms with Crippen LogP contribution in [0, 0.1) is 17.3 Å². The summed E-state index contributed by atoms with van der Waals surface area (Å²) in [6, 6.07) is 0. The summed E-state index contributed by atoms with van der Waals surface area (Å²) in [7, 11) is 0. The molecular weight excluding hydrogens is 296 g/mol. The smallest absolute Gasteiger partial charge is 0.0174 e. The highest BCUT2D eigenvalue weighted by molar-refractivity contribution is 9.09. The monoisotopic (exact) mass is 330 g/mol. The summed E-state index contributed by atoms with van der Waals surface area (Å²) >= 11 is 3.94. The van der Waals surface area contributed by atoms with Crippen molar-refractivity contribution in [2.24, 2.45) is 17.3 Å². The standard InChI is InChI=1S/C18H35Br/c1-5-6-7-8-9-10-11-15-14-16(18(2,3)4)12-13-17(15)19/h15-17H,5-14H2,1-4H3. The van der Waals surface area contributed by atoms with E-state index in [9.17, 15) is 0 Å². The van der Waals surface area contributed by atoms with E-state index in [2.05, 4.69) is 43.6 Å². The zero-order chi connectivity index (χ0) is 14.3. The number of alkyl halides is 1. The Hall–Kier alpha value is 0.480. The molecule has 0 bridgehead atoms. The first-order chi connectivity index (χ1) is 8.95. The molecule has 0 aromatic rings. The lowest BCUT2D eigenvalue weighted by atomic mass is 9.68. The van der Waals surface area contributed by atoms with Gasteiger partial charge in [0, 0.05) is 4.83 Å². The zero-order valence-electron chi connectivity index (χ0n) is 13.7. The van der Waals surface area contributed by atoms with Crippen LogP contribution in [0.5, 0.6) is 0 Å². The summed E-state index contributed by atoms with van der Waals surface area (Å²) in [6.07, 6.45) is 14.3. The first-order valence-electron chi connectivity index (χ1n) is 8.59. The van der Waals surface area contributed by atoms with Gasteiger partial charge in [-0.05, 0) is 42.9 Å². The summed E-state index contributed by atoms with van der Waals surface area (Å²) in [5.41, 5.74) is 0.506. The maximum Gasteiger partial charge on any atom is 0.0174 e. The minimum Gasteiger partial charge on any atom is -0.0888 e. The molecular formula is C18H35Br. The van der Waals surface area contributed by atoms with E-state index in [1.165, 1.54) is 64.2 Å². The molecule has 0 aromatic carbocycles. The molecule has 1 heteroatoms. The molecule has 114 valence electrons. The predicted molar refractivity (Wildman–Crippen MR) is 91.0 cm³/mol. The van der Waals surface area contributed by atoms with Crippen molar-refractivity contribution >= 4 is 15.9 Å². The van der Waals surface area contributed by atoms with Gasteiger partial charge in [-0.2, -0.15) is 0 Å². The Morgan fingerprint density at radius 1 is 0.947 bits per heavy atom. The van der Waals surface area contributed by atoms with Gasteiger partial charge in [0.15, 0.2) is 0 Å². The van der Waals surface area contributed by atoms with Crippen molar-refractivity contribution in [2.75, 3.05) is 0 Å². The molecule has 3 atom stereocenters. The molecule has 1 fully saturated rings. The predicted octanol–water partition coefficient (Wildman–Crippen LogP) is 6.96. The molecule has 0 nitrogen and oxygen atoms in total. The lowest BCUT2D eigenvalue weighted by molar-refractivity contribution is 0.141. The number of rotatable bonds is 7. The van der Waals surface area contributed by atoms with Crippen LogP contribution in [0.25, 0.3) is 0 Å². The molecule has 0 aromatic heterocycles. The van der Waals surface area contributed by atoms with E-state index in [-0.39, 0.29) is 0 Å². The maximum absolute atomic E-state index is 3.94. The average Bonchev–Trinajstić information content (AvgIpc) is 2.34. The summed E-state index contributed by atoms with van der Waals surface area (Å²) in [6.45, 7) is 9.57. The number of halogens is 1. The van der Waals surface area contributed by atoms with Gasteiger partial charge in [0.25, 0.3) is 0 Å². The molecule has 0 radical (unpaired) electrons. The van der Waals surface area contributed by atoms with Gasteiger partial charge in [-0.1, -0.05) is 82.1 Å². The van der Waals surface area contributed by atoms with Crippen LogP contribution in [-0.4, -0.2) is 4.83 Å². The SMILES string of the molecule is CCCCCCCCC1CC(C(C)(C)C)CCC1Br. The molecule has 0 amide bonds. The Morgan fingerprint density at radius 2 is 1.58 bits per heavy atom. The lowest BCUT2D eigenvalue weighted by Gasteiger charge is -2.40. The van der Waals surface area contributed by atoms with Gasteiger partial charge in [-0.3, -0.25) is 0 Å². The second-order valence-electron chi connectivity index (χ2n) is 7.71. The molecule has 1 aliphatic rings. The zero-order valence-corrected chi connectivity index (χ0v) is 15.3. The van der Waals surface area contributed by atoms with E-state index in [1.807, 2.05) is 0 Å². The summed E-state index contributed by atoms with van der Waals surface area (Å²) in [5.74, 6) is 1.87. The molecule has 1 saturated carbocycles. The average molecular weight is 331 g/mol. The van der Waals surface area contributed by atoms with Crippen molar-refractivity contribution in [1.82, 2.24) is 0 Å². The van der Waals surface area contributed by atoms with Gasteiger partial charge in [0.1, 0.15) is 0 Å². The lowest BCUT2D eigenvalue weighted by Crippen LogP contribution is -2.32. The molecule has 0 N–H and O–H groups in total. The Balaban J connectivity index is 2.23. The number of unbranched alkanes of at least 4 members (excludes halogenated alkanes) is 5. The van der Waals surface area contributed by atoms with E-state index in [0.717, 1.165) is 16.7 Å². The Bertz CT molecular complexity index is 228. The van der Waals surface area contributed by atoms with Crippen molar-refractivity contribution in [3.8, 4) is 0 Å². The van der Waals surface area contributed by atoms with E-state index in [0.29, 0.717) is 5.41 Å². The van der Waals surface area contributed by atoms with Crippen molar-refractivity contribution in [3.05, 3.63) is 0 Å². The van der Waals surface area contributed by atoms with Gasteiger partial charge < -0.3 is 0 Å². The van der Waals surface area contributed by atoms with Crippen LogP contribution in [0.1, 0.15) is 91.9 Å². The number of hydrogen-bond acceptors (Lipinski definition) is 0. The second kappa shape index (κ2) is 8.70. The fourth-order valence-electron chi connectivity index (χ4n) is 3.50. The second-order valence-corrected chi connectivity index (χ2v) is 8.88. The van der Waals surface area contributed by atoms with Crippen molar-refractivity contribution in [2.45, 2.75) is 96.7 Å². The minimum atomic E-state index is 0.506. The Kier molecular flexibility index (Phi) is 8.03. The van der Waals surface area contributed by atoms with E-state index < -0.39 is 0 Å². The minimum absolute atomic E-state index is 0.506. The fourth-order valence-corrected chi connectivity index (χ4v) is 4.24. The van der Waals surface area contributed by atoms with Crippen LogP contribution in [0.15, 0.2) is 0 Å². The first-order valence-corrected chi connectivity index (χ1v) is 9.50. The third-order valence-electron chi connectivity index (χ3n) is 5.04. The summed E-state index contributed by atoms with van der Waals surface area (Å²) in [5, 5.41) is 0. The van der Waals surface area contributed by atoms with Crippen molar-refractivity contribution in [1.29, 1.82) is 0 Å².